The van der Waals surface area contributed by atoms with E-state index in [0.717, 1.165) is 52.8 Å². The molecule has 2 aliphatic heterocycles. The number of benzene rings is 3. The molecule has 0 aromatic heterocycles. The van der Waals surface area contributed by atoms with E-state index in [9.17, 15) is 19.5 Å². The Morgan fingerprint density at radius 2 is 1.62 bits per heavy atom. The van der Waals surface area contributed by atoms with Crippen LogP contribution in [0.15, 0.2) is 72.8 Å². The second kappa shape index (κ2) is 17.2. The third kappa shape index (κ3) is 10.2. The molecule has 11 nitrogen and oxygen atoms in total. The van der Waals surface area contributed by atoms with Gasteiger partial charge < -0.3 is 24.6 Å². The second-order valence-electron chi connectivity index (χ2n) is 14.0. The summed E-state index contributed by atoms with van der Waals surface area (Å²) in [5, 5.41) is 21.1. The van der Waals surface area contributed by atoms with Crippen molar-refractivity contribution in [2.24, 2.45) is 0 Å². The van der Waals surface area contributed by atoms with Crippen molar-refractivity contribution in [2.75, 3.05) is 13.1 Å². The minimum atomic E-state index is -0.643. The molecule has 0 aliphatic carbocycles. The highest BCUT2D eigenvalue weighted by atomic mass is 16.7. The van der Waals surface area contributed by atoms with Crippen molar-refractivity contribution in [1.29, 1.82) is 0 Å². The Balaban J connectivity index is 1.30. The van der Waals surface area contributed by atoms with Crippen LogP contribution in [0.4, 0.5) is 0 Å². The number of amides is 2. The maximum absolute atomic E-state index is 13.1. The van der Waals surface area contributed by atoms with Crippen molar-refractivity contribution in [3.8, 4) is 11.1 Å². The number of aliphatic hydroxyl groups excluding tert-OH is 1. The van der Waals surface area contributed by atoms with E-state index in [4.69, 9.17) is 19.4 Å². The fourth-order valence-electron chi connectivity index (χ4n) is 6.50. The predicted molar refractivity (Wildman–Crippen MR) is 186 cm³/mol. The summed E-state index contributed by atoms with van der Waals surface area (Å²) in [6, 6.07) is 23.4. The molecule has 0 unspecified atom stereocenters. The van der Waals surface area contributed by atoms with Gasteiger partial charge in [-0.2, -0.15) is 0 Å². The molecule has 3 aromatic carbocycles. The maximum atomic E-state index is 13.1. The normalized spacial score (nSPS) is 21.1. The van der Waals surface area contributed by atoms with Crippen LogP contribution in [-0.2, 0) is 41.7 Å². The first-order valence-corrected chi connectivity index (χ1v) is 17.4. The van der Waals surface area contributed by atoms with Gasteiger partial charge in [0.2, 0.25) is 11.8 Å². The number of carbonyl (C=O) groups excluding carboxylic acids is 3. The molecule has 50 heavy (non-hydrogen) atoms. The molecule has 2 amide bonds. The highest BCUT2D eigenvalue weighted by molar-refractivity contribution is 5.79. The van der Waals surface area contributed by atoms with E-state index in [1.807, 2.05) is 93.6 Å². The molecule has 4 N–H and O–H groups in total. The maximum Gasteiger partial charge on any atom is 0.323 e. The number of rotatable bonds is 13. The molecule has 3 aromatic rings. The molecule has 2 fully saturated rings. The number of nitrogens with one attached hydrogen (secondary N) is 2. The summed E-state index contributed by atoms with van der Waals surface area (Å²) >= 11 is 0. The molecule has 11 heteroatoms. The van der Waals surface area contributed by atoms with Gasteiger partial charge in [-0.05, 0) is 74.4 Å². The van der Waals surface area contributed by atoms with Crippen LogP contribution < -0.4 is 10.8 Å². The van der Waals surface area contributed by atoms with Gasteiger partial charge in [0.25, 0.3) is 0 Å². The highest BCUT2D eigenvalue weighted by Crippen LogP contribution is 2.39. The Hall–Kier alpha value is -4.13. The average Bonchev–Trinajstić information content (AvgIpc) is 3.58. The van der Waals surface area contributed by atoms with E-state index in [1.54, 1.807) is 5.48 Å². The lowest BCUT2D eigenvalue weighted by Crippen LogP contribution is -2.45. The molecule has 2 saturated heterocycles. The van der Waals surface area contributed by atoms with Crippen LogP contribution in [0.5, 0.6) is 0 Å². The number of nitrogens with zero attached hydrogens (tertiary/aromatic N) is 1. The Morgan fingerprint density at radius 3 is 2.32 bits per heavy atom. The Bertz CT molecular complexity index is 1590. The zero-order valence-corrected chi connectivity index (χ0v) is 29.1. The molecule has 268 valence electrons. The van der Waals surface area contributed by atoms with Gasteiger partial charge in [0.1, 0.15) is 11.6 Å². The molecule has 0 saturated carbocycles. The molecule has 2 heterocycles. The Labute approximate surface area is 293 Å². The van der Waals surface area contributed by atoms with E-state index in [-0.39, 0.29) is 49.6 Å². The summed E-state index contributed by atoms with van der Waals surface area (Å²) in [5.41, 5.74) is 6.60. The number of aliphatic hydroxyl groups is 1. The number of carbonyl (C=O) groups is 3. The van der Waals surface area contributed by atoms with Crippen molar-refractivity contribution in [1.82, 2.24) is 15.7 Å². The topological polar surface area (TPSA) is 147 Å². The standard InChI is InChI=1S/C39H49N3O8/c1-39(2,3)50-37(46)33-10-7-21-42(33)24-31-22-34(28-15-13-26(25-43)14-16-28)49-38(48-31)29-19-17-27(18-20-29)32-9-5-4-8-30(32)23-40-35(44)11-6-12-36(45)41-47/h4-5,8-9,13-20,31,33-34,38,43,47H,6-7,10-12,21-25H2,1-3H3,(H,40,44)(H,41,45)/t31-,33-,34+,38+/m0/s1. The third-order valence-electron chi connectivity index (χ3n) is 9.02. The zero-order valence-electron chi connectivity index (χ0n) is 29.1. The first-order chi connectivity index (χ1) is 24.0. The molecule has 0 bridgehead atoms. The van der Waals surface area contributed by atoms with Crippen LogP contribution in [0.3, 0.4) is 0 Å². The number of hydrogen-bond donors (Lipinski definition) is 4. The zero-order chi connectivity index (χ0) is 35.7. The lowest BCUT2D eigenvalue weighted by molar-refractivity contribution is -0.253. The quantitative estimate of drug-likeness (QED) is 0.104. The third-order valence-corrected chi connectivity index (χ3v) is 9.02. The summed E-state index contributed by atoms with van der Waals surface area (Å²) in [6.45, 7) is 7.32. The summed E-state index contributed by atoms with van der Waals surface area (Å²) < 4.78 is 18.9. The highest BCUT2D eigenvalue weighted by Gasteiger charge is 2.39. The van der Waals surface area contributed by atoms with Gasteiger partial charge >= 0.3 is 5.97 Å². The van der Waals surface area contributed by atoms with Crippen LogP contribution in [0.2, 0.25) is 0 Å². The van der Waals surface area contributed by atoms with Gasteiger partial charge in [-0.3, -0.25) is 24.5 Å². The predicted octanol–water partition coefficient (Wildman–Crippen LogP) is 5.49. The Morgan fingerprint density at radius 1 is 0.920 bits per heavy atom. The number of hydrogen-bond acceptors (Lipinski definition) is 9. The lowest BCUT2D eigenvalue weighted by Gasteiger charge is -2.38. The number of hydroxylamine groups is 1. The molecule has 5 rings (SSSR count). The number of esters is 1. The minimum Gasteiger partial charge on any atom is -0.459 e. The SMILES string of the molecule is CC(C)(C)OC(=O)[C@@H]1CCCN1C[C@@H]1C[C@H](c2ccc(CO)cc2)O[C@H](c2ccc(-c3ccccc3CNC(=O)CCCC(=O)NO)cc2)O1. The minimum absolute atomic E-state index is 0.0332. The van der Waals surface area contributed by atoms with Gasteiger partial charge in [-0.1, -0.05) is 72.8 Å². The molecule has 4 atom stereocenters. The fourth-order valence-corrected chi connectivity index (χ4v) is 6.50. The van der Waals surface area contributed by atoms with Crippen LogP contribution >= 0.6 is 0 Å². The van der Waals surface area contributed by atoms with Crippen LogP contribution in [0, 0.1) is 0 Å². The lowest BCUT2D eigenvalue weighted by atomic mass is 9.97. The van der Waals surface area contributed by atoms with Crippen molar-refractivity contribution in [2.45, 2.75) is 103 Å². The van der Waals surface area contributed by atoms with E-state index in [1.165, 1.54) is 0 Å². The first kappa shape index (κ1) is 37.1. The van der Waals surface area contributed by atoms with Crippen molar-refractivity contribution < 1.29 is 38.9 Å². The van der Waals surface area contributed by atoms with Crippen LogP contribution in [0.1, 0.15) is 93.9 Å². The van der Waals surface area contributed by atoms with Crippen molar-refractivity contribution in [3.05, 3.63) is 95.1 Å². The van der Waals surface area contributed by atoms with Crippen molar-refractivity contribution >= 4 is 17.8 Å². The van der Waals surface area contributed by atoms with Crippen LogP contribution in [0.25, 0.3) is 11.1 Å². The molecule has 2 aliphatic rings. The molecular weight excluding hydrogens is 638 g/mol. The summed E-state index contributed by atoms with van der Waals surface area (Å²) in [7, 11) is 0. The van der Waals surface area contributed by atoms with Gasteiger partial charge in [-0.25, -0.2) is 5.48 Å². The van der Waals surface area contributed by atoms with E-state index in [0.29, 0.717) is 25.9 Å². The number of likely N-dealkylation sites (tertiary alicyclic amines) is 1. The van der Waals surface area contributed by atoms with Gasteiger partial charge in [-0.15, -0.1) is 0 Å². The van der Waals surface area contributed by atoms with E-state index in [2.05, 4.69) is 10.2 Å². The van der Waals surface area contributed by atoms with Crippen LogP contribution in [-0.4, -0.2) is 63.8 Å². The summed E-state index contributed by atoms with van der Waals surface area (Å²) in [6.07, 6.45) is 1.76. The smallest absolute Gasteiger partial charge is 0.323 e. The molecule has 0 spiro atoms. The average molecular weight is 688 g/mol. The fraction of sp³-hybridized carbons (Fsp3) is 0.462. The van der Waals surface area contributed by atoms with E-state index < -0.39 is 17.8 Å². The largest absolute Gasteiger partial charge is 0.459 e. The van der Waals surface area contributed by atoms with Crippen molar-refractivity contribution in [3.63, 3.8) is 0 Å². The van der Waals surface area contributed by atoms with Gasteiger partial charge in [0, 0.05) is 37.9 Å². The Kier molecular flexibility index (Phi) is 12.8. The summed E-state index contributed by atoms with van der Waals surface area (Å²) in [4.78, 5) is 38.9. The first-order valence-electron chi connectivity index (χ1n) is 17.4. The molecule has 0 radical (unpaired) electrons. The second-order valence-corrected chi connectivity index (χ2v) is 14.0. The van der Waals surface area contributed by atoms with Gasteiger partial charge in [0.15, 0.2) is 6.29 Å². The molecular formula is C39H49N3O8. The van der Waals surface area contributed by atoms with Gasteiger partial charge in [0.05, 0.1) is 18.8 Å². The number of ether oxygens (including phenoxy) is 3. The van der Waals surface area contributed by atoms with E-state index >= 15 is 0 Å². The summed E-state index contributed by atoms with van der Waals surface area (Å²) in [5.74, 6) is -0.886. The monoisotopic (exact) mass is 687 g/mol.